The summed E-state index contributed by atoms with van der Waals surface area (Å²) < 4.78 is 4.68. The molecular weight excluding hydrogens is 454 g/mol. The second-order valence-corrected chi connectivity index (χ2v) is 8.15. The van der Waals surface area contributed by atoms with Crippen LogP contribution in [0.25, 0.3) is 22.4 Å². The van der Waals surface area contributed by atoms with E-state index < -0.39 is 5.56 Å². The number of carbonyl (C=O) groups excluding carboxylic acids is 1. The average molecular weight is 474 g/mol. The molecule has 0 saturated heterocycles. The molecule has 9 nitrogen and oxygen atoms in total. The Balaban J connectivity index is 1.57. The first-order valence-corrected chi connectivity index (χ1v) is 10.9. The highest BCUT2D eigenvalue weighted by Gasteiger charge is 2.22. The van der Waals surface area contributed by atoms with E-state index in [0.29, 0.717) is 34.0 Å². The largest absolute Gasteiger partial charge is 0.350 e. The molecule has 0 aliphatic carbocycles. The molecule has 0 spiro atoms. The summed E-state index contributed by atoms with van der Waals surface area (Å²) >= 11 is 6.06. The minimum Gasteiger partial charge on any atom is -0.350 e. The van der Waals surface area contributed by atoms with Gasteiger partial charge in [-0.05, 0) is 55.0 Å². The van der Waals surface area contributed by atoms with Gasteiger partial charge in [-0.25, -0.2) is 9.36 Å². The number of halogens is 1. The van der Waals surface area contributed by atoms with E-state index in [1.54, 1.807) is 42.2 Å². The molecule has 5 rings (SSSR count). The zero-order valence-corrected chi connectivity index (χ0v) is 19.0. The number of hydrogen-bond donors (Lipinski definition) is 1. The number of hydrogen-bond acceptors (Lipinski definition) is 5. The number of carbonyl (C=O) groups is 1. The maximum atomic E-state index is 13.5. The van der Waals surface area contributed by atoms with Gasteiger partial charge in [-0.15, -0.1) is 0 Å². The minimum atomic E-state index is -0.402. The summed E-state index contributed by atoms with van der Waals surface area (Å²) in [6, 6.07) is 14.6. The van der Waals surface area contributed by atoms with Crippen molar-refractivity contribution in [3.05, 3.63) is 100.0 Å². The summed E-state index contributed by atoms with van der Waals surface area (Å²) in [6.45, 7) is 1.86. The minimum absolute atomic E-state index is 0.215. The highest BCUT2D eigenvalue weighted by molar-refractivity contribution is 6.30. The van der Waals surface area contributed by atoms with E-state index in [-0.39, 0.29) is 12.5 Å². The van der Waals surface area contributed by atoms with Crippen LogP contribution < -0.4 is 10.9 Å². The van der Waals surface area contributed by atoms with Gasteiger partial charge in [0, 0.05) is 36.4 Å². The van der Waals surface area contributed by atoms with Crippen molar-refractivity contribution in [3.63, 3.8) is 0 Å². The first kappa shape index (κ1) is 21.6. The predicted molar refractivity (Wildman–Crippen MR) is 128 cm³/mol. The Morgan fingerprint density at radius 3 is 2.53 bits per heavy atom. The number of pyridine rings is 1. The number of benzene rings is 1. The molecular formula is C24H20ClN7O2. The fourth-order valence-corrected chi connectivity index (χ4v) is 3.87. The fraction of sp³-hybridized carbons (Fsp3) is 0.125. The van der Waals surface area contributed by atoms with Gasteiger partial charge in [0.1, 0.15) is 17.4 Å². The number of nitrogens with one attached hydrogen (secondary N) is 1. The molecule has 0 radical (unpaired) electrons. The van der Waals surface area contributed by atoms with Gasteiger partial charge in [0.2, 0.25) is 5.91 Å². The van der Waals surface area contributed by atoms with Gasteiger partial charge in [0.25, 0.3) is 5.56 Å². The zero-order chi connectivity index (χ0) is 23.7. The van der Waals surface area contributed by atoms with E-state index in [9.17, 15) is 9.59 Å². The second kappa shape index (κ2) is 8.95. The quantitative estimate of drug-likeness (QED) is 0.408. The molecule has 10 heteroatoms. The maximum absolute atomic E-state index is 13.5. The molecule has 0 aliphatic rings. The number of aromatic nitrogens is 6. The molecule has 0 aliphatic heterocycles. The molecule has 1 N–H and O–H groups in total. The van der Waals surface area contributed by atoms with Gasteiger partial charge in [-0.2, -0.15) is 10.2 Å². The number of amides is 1. The van der Waals surface area contributed by atoms with Crippen molar-refractivity contribution in [2.45, 2.75) is 20.0 Å². The van der Waals surface area contributed by atoms with Crippen LogP contribution in [0.1, 0.15) is 11.3 Å². The van der Waals surface area contributed by atoms with Gasteiger partial charge >= 0.3 is 0 Å². The number of aryl methyl sites for hydroxylation is 1. The predicted octanol–water partition coefficient (Wildman–Crippen LogP) is 3.05. The van der Waals surface area contributed by atoms with Crippen molar-refractivity contribution in [1.82, 2.24) is 34.4 Å². The summed E-state index contributed by atoms with van der Waals surface area (Å²) in [7, 11) is 0. The number of rotatable bonds is 6. The van der Waals surface area contributed by atoms with Crippen molar-refractivity contribution in [1.29, 1.82) is 0 Å². The zero-order valence-electron chi connectivity index (χ0n) is 18.2. The fourth-order valence-electron chi connectivity index (χ4n) is 3.74. The summed E-state index contributed by atoms with van der Waals surface area (Å²) in [6.07, 6.45) is 7.01. The molecule has 4 aromatic heterocycles. The van der Waals surface area contributed by atoms with E-state index in [1.165, 1.54) is 4.68 Å². The smallest absolute Gasteiger partial charge is 0.280 e. The third-order valence-corrected chi connectivity index (χ3v) is 5.60. The molecule has 0 unspecified atom stereocenters. The van der Waals surface area contributed by atoms with Gasteiger partial charge in [-0.1, -0.05) is 17.7 Å². The van der Waals surface area contributed by atoms with E-state index in [1.807, 2.05) is 47.3 Å². The Hall–Kier alpha value is -4.24. The Morgan fingerprint density at radius 2 is 1.82 bits per heavy atom. The second-order valence-electron chi connectivity index (χ2n) is 7.71. The van der Waals surface area contributed by atoms with Crippen LogP contribution in [0.3, 0.4) is 0 Å². The third-order valence-electron chi connectivity index (χ3n) is 5.35. The summed E-state index contributed by atoms with van der Waals surface area (Å²) in [5.74, 6) is 0.229. The van der Waals surface area contributed by atoms with Gasteiger partial charge in [0.05, 0.1) is 11.4 Å². The Morgan fingerprint density at radius 1 is 1.06 bits per heavy atom. The number of nitrogens with zero attached hydrogens (tertiary/aromatic N) is 6. The van der Waals surface area contributed by atoms with Crippen LogP contribution in [0, 0.1) is 6.92 Å². The number of fused-ring (bicyclic) bond motifs is 1. The lowest BCUT2D eigenvalue weighted by molar-refractivity contribution is -0.122. The van der Waals surface area contributed by atoms with Crippen LogP contribution in [-0.4, -0.2) is 35.0 Å². The van der Waals surface area contributed by atoms with Crippen LogP contribution in [0.5, 0.6) is 0 Å². The van der Waals surface area contributed by atoms with Crippen molar-refractivity contribution >= 4 is 28.4 Å². The summed E-state index contributed by atoms with van der Waals surface area (Å²) in [5.41, 5.74) is 2.21. The highest BCUT2D eigenvalue weighted by atomic mass is 35.5. The van der Waals surface area contributed by atoms with Crippen LogP contribution in [0.4, 0.5) is 0 Å². The Kier molecular flexibility index (Phi) is 5.69. The lowest BCUT2D eigenvalue weighted by Crippen LogP contribution is -2.34. The van der Waals surface area contributed by atoms with Gasteiger partial charge in [0.15, 0.2) is 5.82 Å². The molecule has 0 atom stereocenters. The summed E-state index contributed by atoms with van der Waals surface area (Å²) in [4.78, 5) is 30.2. The van der Waals surface area contributed by atoms with Crippen molar-refractivity contribution in [2.24, 2.45) is 0 Å². The van der Waals surface area contributed by atoms with Crippen LogP contribution in [0.15, 0.2) is 78.1 Å². The molecule has 0 saturated carbocycles. The lowest BCUT2D eigenvalue weighted by atomic mass is 10.2. The Labute approximate surface area is 199 Å². The highest BCUT2D eigenvalue weighted by Crippen LogP contribution is 2.25. The molecule has 0 fully saturated rings. The summed E-state index contributed by atoms with van der Waals surface area (Å²) in [5, 5.41) is 12.8. The lowest BCUT2D eigenvalue weighted by Gasteiger charge is -2.10. The van der Waals surface area contributed by atoms with Crippen molar-refractivity contribution in [3.8, 4) is 11.5 Å². The van der Waals surface area contributed by atoms with Crippen LogP contribution in [0.2, 0.25) is 5.02 Å². The van der Waals surface area contributed by atoms with Gasteiger partial charge in [-0.3, -0.25) is 14.6 Å². The molecule has 0 bridgehead atoms. The maximum Gasteiger partial charge on any atom is 0.280 e. The first-order valence-electron chi connectivity index (χ1n) is 10.6. The normalized spacial score (nSPS) is 11.1. The third kappa shape index (κ3) is 4.08. The first-order chi connectivity index (χ1) is 16.5. The SMILES string of the molecule is Cc1nn(CC(=O)NCc2cccnc2)c(=O)c2c(-n3cccc3)n(-c3ccc(Cl)cc3)nc12. The van der Waals surface area contributed by atoms with Crippen LogP contribution >= 0.6 is 11.6 Å². The Bertz CT molecular complexity index is 1520. The molecule has 1 aromatic carbocycles. The standard InChI is InChI=1S/C24H20ClN7O2/c1-16-22-21(24(34)31(28-16)15-20(33)27-14-17-5-4-10-26-13-17)23(30-11-2-3-12-30)32(29-22)19-8-6-18(25)7-9-19/h2-13H,14-15H2,1H3,(H,27,33). The van der Waals surface area contributed by atoms with Crippen molar-refractivity contribution in [2.75, 3.05) is 0 Å². The molecule has 34 heavy (non-hydrogen) atoms. The molecule has 1 amide bonds. The molecule has 5 aromatic rings. The topological polar surface area (TPSA) is 99.6 Å². The average Bonchev–Trinajstić information content (AvgIpc) is 3.50. The van der Waals surface area contributed by atoms with E-state index in [4.69, 9.17) is 16.7 Å². The molecule has 4 heterocycles. The van der Waals surface area contributed by atoms with E-state index in [0.717, 1.165) is 11.3 Å². The van der Waals surface area contributed by atoms with E-state index in [2.05, 4.69) is 15.4 Å². The van der Waals surface area contributed by atoms with E-state index >= 15 is 0 Å². The van der Waals surface area contributed by atoms with Crippen molar-refractivity contribution < 1.29 is 4.79 Å². The van der Waals surface area contributed by atoms with Crippen LogP contribution in [-0.2, 0) is 17.9 Å². The molecule has 170 valence electrons. The monoisotopic (exact) mass is 473 g/mol. The van der Waals surface area contributed by atoms with Gasteiger partial charge < -0.3 is 9.88 Å².